The van der Waals surface area contributed by atoms with E-state index < -0.39 is 0 Å². The number of ether oxygens (including phenoxy) is 1. The van der Waals surface area contributed by atoms with E-state index in [1.54, 1.807) is 0 Å². The average Bonchev–Trinajstić information content (AvgIpc) is 3.17. The summed E-state index contributed by atoms with van der Waals surface area (Å²) in [5, 5.41) is 1.21. The highest BCUT2D eigenvalue weighted by Gasteiger charge is 2.29. The van der Waals surface area contributed by atoms with E-state index in [0.717, 1.165) is 36.3 Å². The monoisotopic (exact) mass is 365 g/mol. The molecule has 0 saturated carbocycles. The topological polar surface area (TPSA) is 31.5 Å². The van der Waals surface area contributed by atoms with Crippen LogP contribution in [0.15, 0.2) is 42.6 Å². The summed E-state index contributed by atoms with van der Waals surface area (Å²) >= 11 is 0. The zero-order chi connectivity index (χ0) is 18.4. The molecule has 0 bridgehead atoms. The van der Waals surface area contributed by atoms with Gasteiger partial charge in [-0.15, -0.1) is 0 Å². The van der Waals surface area contributed by atoms with Crippen LogP contribution in [0.5, 0.6) is 0 Å². The van der Waals surface area contributed by atoms with Crippen molar-refractivity contribution in [2.45, 2.75) is 12.5 Å². The van der Waals surface area contributed by atoms with E-state index in [1.165, 1.54) is 10.9 Å². The van der Waals surface area contributed by atoms with Gasteiger partial charge in [0.25, 0.3) is 0 Å². The van der Waals surface area contributed by atoms with Crippen molar-refractivity contribution in [1.29, 1.82) is 0 Å². The summed E-state index contributed by atoms with van der Waals surface area (Å²) < 4.78 is 20.9. The van der Waals surface area contributed by atoms with E-state index >= 15 is 4.39 Å². The van der Waals surface area contributed by atoms with Crippen LogP contribution >= 0.6 is 0 Å². The number of hydrogen-bond donors (Lipinski definition) is 1. The highest BCUT2D eigenvalue weighted by molar-refractivity contribution is 5.80. The quantitative estimate of drug-likeness (QED) is 0.751. The zero-order valence-electron chi connectivity index (χ0n) is 15.5. The normalized spacial score (nSPS) is 20.8. The van der Waals surface area contributed by atoms with Gasteiger partial charge in [0.2, 0.25) is 0 Å². The average molecular weight is 365 g/mol. The number of halogens is 1. The van der Waals surface area contributed by atoms with E-state index in [0.29, 0.717) is 25.4 Å². The second-order valence-electron chi connectivity index (χ2n) is 7.64. The number of aromatic amines is 1. The van der Waals surface area contributed by atoms with Crippen LogP contribution in [0.3, 0.4) is 0 Å². The molecule has 0 amide bonds. The predicted molar refractivity (Wildman–Crippen MR) is 106 cm³/mol. The van der Waals surface area contributed by atoms with Crippen molar-refractivity contribution in [2.75, 3.05) is 44.8 Å². The fourth-order valence-electron chi connectivity index (χ4n) is 4.47. The Labute approximate surface area is 158 Å². The molecule has 1 fully saturated rings. The smallest absolute Gasteiger partial charge is 0.151 e. The van der Waals surface area contributed by atoms with Gasteiger partial charge < -0.3 is 19.5 Å². The number of hydrogen-bond acceptors (Lipinski definition) is 3. The summed E-state index contributed by atoms with van der Waals surface area (Å²) in [4.78, 5) is 7.62. The molecule has 4 nitrogen and oxygen atoms in total. The lowest BCUT2D eigenvalue weighted by molar-refractivity contribution is 0.122. The maximum absolute atomic E-state index is 15.5. The Morgan fingerprint density at radius 2 is 1.96 bits per heavy atom. The van der Waals surface area contributed by atoms with Crippen LogP contribution in [0, 0.1) is 5.82 Å². The fourth-order valence-corrected chi connectivity index (χ4v) is 4.47. The number of nitrogens with zero attached hydrogens (tertiary/aromatic N) is 2. The highest BCUT2D eigenvalue weighted by Crippen LogP contribution is 2.38. The minimum absolute atomic E-state index is 0.0631. The number of rotatable bonds is 2. The summed E-state index contributed by atoms with van der Waals surface area (Å²) in [6.45, 7) is 4.37. The van der Waals surface area contributed by atoms with Crippen molar-refractivity contribution in [3.63, 3.8) is 0 Å². The molecule has 3 heterocycles. The van der Waals surface area contributed by atoms with Gasteiger partial charge in [0.15, 0.2) is 5.82 Å². The third-order valence-corrected chi connectivity index (χ3v) is 5.89. The summed E-state index contributed by atoms with van der Waals surface area (Å²) in [6, 6.07) is 12.7. The van der Waals surface area contributed by atoms with Gasteiger partial charge in [-0.2, -0.15) is 0 Å². The number of aromatic nitrogens is 1. The molecule has 0 aliphatic carbocycles. The van der Waals surface area contributed by atoms with Crippen molar-refractivity contribution in [3.8, 4) is 0 Å². The first-order valence-electron chi connectivity index (χ1n) is 9.60. The number of anilines is 1. The zero-order valence-corrected chi connectivity index (χ0v) is 15.5. The summed E-state index contributed by atoms with van der Waals surface area (Å²) in [6.07, 6.45) is 1.96. The van der Waals surface area contributed by atoms with E-state index in [4.69, 9.17) is 4.74 Å². The first-order valence-corrected chi connectivity index (χ1v) is 9.60. The molecule has 5 heteroatoms. The summed E-state index contributed by atoms with van der Waals surface area (Å²) in [5.74, 6) is 0.117. The molecule has 140 valence electrons. The van der Waals surface area contributed by atoms with Crippen LogP contribution in [-0.4, -0.2) is 49.8 Å². The molecule has 2 aliphatic heterocycles. The number of likely N-dealkylation sites (N-methyl/N-ethyl adjacent to an activating group) is 1. The molecule has 0 radical (unpaired) electrons. The maximum Gasteiger partial charge on any atom is 0.151 e. The Bertz CT molecular complexity index is 977. The molecule has 2 aliphatic rings. The number of fused-ring (bicyclic) bond motifs is 2. The lowest BCUT2D eigenvalue weighted by atomic mass is 9.84. The van der Waals surface area contributed by atoms with Crippen molar-refractivity contribution in [2.24, 2.45) is 0 Å². The molecular formula is C22H24FN3O. The molecule has 27 heavy (non-hydrogen) atoms. The van der Waals surface area contributed by atoms with Crippen LogP contribution in [0.25, 0.3) is 10.9 Å². The summed E-state index contributed by atoms with van der Waals surface area (Å²) in [7, 11) is 2.07. The van der Waals surface area contributed by atoms with Gasteiger partial charge in [0.05, 0.1) is 18.9 Å². The molecule has 1 saturated heterocycles. The Kier molecular flexibility index (Phi) is 4.14. The Balaban J connectivity index is 1.57. The Hall–Kier alpha value is -2.37. The summed E-state index contributed by atoms with van der Waals surface area (Å²) in [5.41, 5.74) is 5.03. The third-order valence-electron chi connectivity index (χ3n) is 5.89. The van der Waals surface area contributed by atoms with Crippen molar-refractivity contribution in [3.05, 3.63) is 65.1 Å². The molecule has 0 spiro atoms. The van der Waals surface area contributed by atoms with Gasteiger partial charge in [-0.25, -0.2) is 4.39 Å². The van der Waals surface area contributed by atoms with Gasteiger partial charge in [0, 0.05) is 49.4 Å². The first kappa shape index (κ1) is 16.8. The second-order valence-corrected chi connectivity index (χ2v) is 7.64. The minimum Gasteiger partial charge on any atom is -0.378 e. The highest BCUT2D eigenvalue weighted by atomic mass is 19.1. The number of morpholine rings is 1. The van der Waals surface area contributed by atoms with Crippen molar-refractivity contribution < 1.29 is 9.13 Å². The number of H-pyrrole nitrogens is 1. The first-order chi connectivity index (χ1) is 13.2. The van der Waals surface area contributed by atoms with Gasteiger partial charge in [-0.05, 0) is 41.8 Å². The van der Waals surface area contributed by atoms with Gasteiger partial charge in [0.1, 0.15) is 0 Å². The number of benzene rings is 2. The van der Waals surface area contributed by atoms with Crippen molar-refractivity contribution in [1.82, 2.24) is 9.88 Å². The van der Waals surface area contributed by atoms with Gasteiger partial charge in [-0.1, -0.05) is 18.2 Å². The molecule has 1 atom stereocenters. The van der Waals surface area contributed by atoms with E-state index in [9.17, 15) is 0 Å². The molecule has 1 aromatic heterocycles. The van der Waals surface area contributed by atoms with Crippen LogP contribution < -0.4 is 4.90 Å². The van der Waals surface area contributed by atoms with Crippen LogP contribution in [0.4, 0.5) is 10.1 Å². The Morgan fingerprint density at radius 1 is 1.11 bits per heavy atom. The maximum atomic E-state index is 15.5. The predicted octanol–water partition coefficient (Wildman–Crippen LogP) is 3.72. The molecule has 3 aromatic rings. The minimum atomic E-state index is -0.0631. The van der Waals surface area contributed by atoms with Crippen LogP contribution in [0.1, 0.15) is 22.6 Å². The second kappa shape index (κ2) is 6.66. The van der Waals surface area contributed by atoms with E-state index in [-0.39, 0.29) is 11.7 Å². The van der Waals surface area contributed by atoms with E-state index in [1.807, 2.05) is 12.3 Å². The van der Waals surface area contributed by atoms with Gasteiger partial charge in [-0.3, -0.25) is 0 Å². The Morgan fingerprint density at radius 3 is 2.81 bits per heavy atom. The lowest BCUT2D eigenvalue weighted by Crippen LogP contribution is -2.38. The van der Waals surface area contributed by atoms with Gasteiger partial charge >= 0.3 is 0 Å². The fraction of sp³-hybridized carbons (Fsp3) is 0.364. The van der Waals surface area contributed by atoms with E-state index in [2.05, 4.69) is 52.2 Å². The molecule has 1 unspecified atom stereocenters. The molecule has 5 rings (SSSR count). The molecule has 1 N–H and O–H groups in total. The largest absolute Gasteiger partial charge is 0.378 e. The third kappa shape index (κ3) is 2.91. The lowest BCUT2D eigenvalue weighted by Gasteiger charge is -2.35. The standard InChI is InChI=1S/C22H24FN3O/c1-25-13-18(16-3-2-15-6-7-24-20(15)12-16)17-4-5-21(22(23)19(17)14-25)26-8-10-27-11-9-26/h2-7,12,18,24H,8-11,13-14H2,1H3. The molecule has 2 aromatic carbocycles. The van der Waals surface area contributed by atoms with Crippen molar-refractivity contribution >= 4 is 16.6 Å². The van der Waals surface area contributed by atoms with Crippen LogP contribution in [0.2, 0.25) is 0 Å². The molecular weight excluding hydrogens is 341 g/mol. The van der Waals surface area contributed by atoms with Crippen LogP contribution in [-0.2, 0) is 11.3 Å². The SMILES string of the molecule is CN1Cc2c(ccc(N3CCOCC3)c2F)C(c2ccc3cc[nH]c3c2)C1. The number of nitrogens with one attached hydrogen (secondary N) is 1.